The van der Waals surface area contributed by atoms with E-state index in [0.717, 1.165) is 38.9 Å². The number of nitrogens with zero attached hydrogens (tertiary/aromatic N) is 2. The second-order valence-electron chi connectivity index (χ2n) is 11.0. The fourth-order valence-electron chi connectivity index (χ4n) is 6.39. The summed E-state index contributed by atoms with van der Waals surface area (Å²) in [6.07, 6.45) is 2.40. The number of carbonyl (C=O) groups is 1. The second kappa shape index (κ2) is 9.59. The number of likely N-dealkylation sites (N-methyl/N-ethyl adjacent to an activating group) is 1. The molecular formula is C29H31ClN2O6. The summed E-state index contributed by atoms with van der Waals surface area (Å²) in [6, 6.07) is 9.48. The molecule has 7 rings (SSSR count). The first-order valence-corrected chi connectivity index (χ1v) is 13.5. The molecule has 0 unspecified atom stereocenters. The van der Waals surface area contributed by atoms with Crippen LogP contribution in [0, 0.1) is 5.41 Å². The summed E-state index contributed by atoms with van der Waals surface area (Å²) in [7, 11) is 1.97. The zero-order chi connectivity index (χ0) is 26.6. The van der Waals surface area contributed by atoms with Gasteiger partial charge in [0.05, 0.1) is 10.4 Å². The van der Waals surface area contributed by atoms with Crippen LogP contribution in [0.5, 0.6) is 11.5 Å². The molecule has 3 aromatic rings. The Morgan fingerprint density at radius 2 is 1.79 bits per heavy atom. The van der Waals surface area contributed by atoms with Crippen LogP contribution < -0.4 is 5.43 Å². The molecule has 0 radical (unpaired) electrons. The van der Waals surface area contributed by atoms with Crippen molar-refractivity contribution in [3.8, 4) is 22.8 Å². The van der Waals surface area contributed by atoms with E-state index in [9.17, 15) is 19.8 Å². The Kier molecular flexibility index (Phi) is 6.37. The fraction of sp³-hybridized carbons (Fsp3) is 0.448. The second-order valence-corrected chi connectivity index (χ2v) is 11.4. The molecule has 2 bridgehead atoms. The number of carbonyl (C=O) groups excluding carboxylic acids is 1. The number of phenols is 2. The predicted octanol–water partition coefficient (Wildman–Crippen LogP) is 4.34. The van der Waals surface area contributed by atoms with E-state index in [1.807, 2.05) is 7.05 Å². The Morgan fingerprint density at radius 3 is 2.50 bits per heavy atom. The Bertz CT molecular complexity index is 1450. The number of piperidine rings is 4. The molecule has 4 fully saturated rings. The van der Waals surface area contributed by atoms with Gasteiger partial charge < -0.3 is 29.2 Å². The van der Waals surface area contributed by atoms with Gasteiger partial charge in [-0.15, -0.1) is 0 Å². The van der Waals surface area contributed by atoms with E-state index in [1.54, 1.807) is 24.3 Å². The van der Waals surface area contributed by atoms with Crippen molar-refractivity contribution in [2.24, 2.45) is 5.41 Å². The highest BCUT2D eigenvalue weighted by atomic mass is 35.5. The van der Waals surface area contributed by atoms with E-state index < -0.39 is 22.9 Å². The zero-order valence-corrected chi connectivity index (χ0v) is 22.0. The molecule has 4 aliphatic heterocycles. The van der Waals surface area contributed by atoms with Crippen molar-refractivity contribution in [3.63, 3.8) is 0 Å². The van der Waals surface area contributed by atoms with Crippen molar-refractivity contribution in [1.82, 2.24) is 9.80 Å². The van der Waals surface area contributed by atoms with Crippen LogP contribution >= 0.6 is 11.6 Å². The molecule has 9 heteroatoms. The van der Waals surface area contributed by atoms with Crippen LogP contribution in [0.3, 0.4) is 0 Å². The first-order chi connectivity index (χ1) is 18.3. The number of esters is 1. The molecule has 2 aromatic carbocycles. The lowest BCUT2D eigenvalue weighted by Crippen LogP contribution is -2.54. The van der Waals surface area contributed by atoms with Crippen LogP contribution in [0.15, 0.2) is 45.6 Å². The van der Waals surface area contributed by atoms with Crippen molar-refractivity contribution in [1.29, 1.82) is 0 Å². The third kappa shape index (κ3) is 4.25. The lowest BCUT2D eigenvalue weighted by Gasteiger charge is -2.47. The van der Waals surface area contributed by atoms with Crippen LogP contribution in [-0.2, 0) is 9.53 Å². The van der Waals surface area contributed by atoms with Gasteiger partial charge in [0.15, 0.2) is 5.43 Å². The van der Waals surface area contributed by atoms with E-state index >= 15 is 0 Å². The van der Waals surface area contributed by atoms with Gasteiger partial charge in [-0.3, -0.25) is 9.59 Å². The van der Waals surface area contributed by atoms with E-state index in [1.165, 1.54) is 12.1 Å². The van der Waals surface area contributed by atoms with Crippen LogP contribution in [0.2, 0.25) is 5.02 Å². The Hall–Kier alpha value is -3.07. The molecule has 0 amide bonds. The third-order valence-electron chi connectivity index (χ3n) is 8.68. The van der Waals surface area contributed by atoms with Gasteiger partial charge in [-0.2, -0.15) is 0 Å². The highest BCUT2D eigenvalue weighted by Gasteiger charge is 2.48. The zero-order valence-electron chi connectivity index (χ0n) is 21.3. The molecule has 0 saturated carbocycles. The Balaban J connectivity index is 1.44. The maximum atomic E-state index is 13.6. The lowest BCUT2D eigenvalue weighted by atomic mass is 9.72. The molecule has 4 aliphatic rings. The Morgan fingerprint density at radius 1 is 1.08 bits per heavy atom. The van der Waals surface area contributed by atoms with Gasteiger partial charge >= 0.3 is 5.97 Å². The third-order valence-corrected chi connectivity index (χ3v) is 9.01. The normalized spacial score (nSPS) is 27.5. The molecule has 38 heavy (non-hydrogen) atoms. The number of hydrogen-bond donors (Lipinski definition) is 2. The number of ether oxygens (including phenoxy) is 1. The molecule has 2 atom stereocenters. The number of halogens is 1. The molecular weight excluding hydrogens is 508 g/mol. The van der Waals surface area contributed by atoms with Gasteiger partial charge in [0.1, 0.15) is 34.3 Å². The fourth-order valence-corrected chi connectivity index (χ4v) is 6.62. The first kappa shape index (κ1) is 25.2. The number of aromatic hydroxyl groups is 2. The predicted molar refractivity (Wildman–Crippen MR) is 144 cm³/mol. The van der Waals surface area contributed by atoms with Gasteiger partial charge in [0.2, 0.25) is 0 Å². The van der Waals surface area contributed by atoms with Gasteiger partial charge in [-0.1, -0.05) is 23.7 Å². The molecule has 0 spiro atoms. The minimum absolute atomic E-state index is 0.0177. The lowest BCUT2D eigenvalue weighted by molar-refractivity contribution is -0.172. The van der Waals surface area contributed by atoms with Crippen molar-refractivity contribution >= 4 is 28.5 Å². The summed E-state index contributed by atoms with van der Waals surface area (Å²) >= 11 is 6.39. The van der Waals surface area contributed by atoms with Crippen molar-refractivity contribution in [2.45, 2.75) is 37.7 Å². The molecule has 0 aliphatic carbocycles. The molecule has 1 aromatic heterocycles. The maximum Gasteiger partial charge on any atom is 0.312 e. The summed E-state index contributed by atoms with van der Waals surface area (Å²) in [5.74, 6) is -0.941. The summed E-state index contributed by atoms with van der Waals surface area (Å²) in [4.78, 5) is 31.3. The summed E-state index contributed by atoms with van der Waals surface area (Å²) in [6.45, 7) is 3.90. The van der Waals surface area contributed by atoms with Crippen LogP contribution in [0.1, 0.15) is 37.2 Å². The van der Waals surface area contributed by atoms with E-state index in [0.29, 0.717) is 35.7 Å². The summed E-state index contributed by atoms with van der Waals surface area (Å²) in [5.41, 5.74) is 0.0682. The van der Waals surface area contributed by atoms with E-state index in [2.05, 4.69) is 9.80 Å². The molecule has 2 N–H and O–H groups in total. The molecule has 200 valence electrons. The van der Waals surface area contributed by atoms with Crippen molar-refractivity contribution in [2.75, 3.05) is 39.8 Å². The number of phenolic OH excluding ortho intramolecular Hbond substituents is 2. The largest absolute Gasteiger partial charge is 0.507 e. The topological polar surface area (TPSA) is 103 Å². The minimum Gasteiger partial charge on any atom is -0.507 e. The minimum atomic E-state index is -0.552. The molecule has 5 heterocycles. The average molecular weight is 539 g/mol. The Labute approximate surface area is 225 Å². The first-order valence-electron chi connectivity index (χ1n) is 13.2. The van der Waals surface area contributed by atoms with E-state index in [-0.39, 0.29) is 34.2 Å². The number of rotatable bonds is 4. The highest BCUT2D eigenvalue weighted by Crippen LogP contribution is 2.46. The van der Waals surface area contributed by atoms with Crippen LogP contribution in [0.25, 0.3) is 22.3 Å². The quantitative estimate of drug-likeness (QED) is 0.473. The van der Waals surface area contributed by atoms with Crippen LogP contribution in [0.4, 0.5) is 0 Å². The van der Waals surface area contributed by atoms with Gasteiger partial charge in [0, 0.05) is 35.7 Å². The van der Waals surface area contributed by atoms with Gasteiger partial charge in [-0.25, -0.2) is 0 Å². The average Bonchev–Trinajstić information content (AvgIpc) is 2.90. The monoisotopic (exact) mass is 538 g/mol. The number of fused-ring (bicyclic) bond motifs is 4. The summed E-state index contributed by atoms with van der Waals surface area (Å²) < 4.78 is 12.5. The van der Waals surface area contributed by atoms with Crippen molar-refractivity contribution < 1.29 is 24.2 Å². The van der Waals surface area contributed by atoms with Crippen LogP contribution in [-0.4, -0.2) is 71.9 Å². The number of benzene rings is 2. The van der Waals surface area contributed by atoms with Crippen molar-refractivity contribution in [3.05, 3.63) is 57.2 Å². The highest BCUT2D eigenvalue weighted by molar-refractivity contribution is 6.33. The van der Waals surface area contributed by atoms with E-state index in [4.69, 9.17) is 20.8 Å². The van der Waals surface area contributed by atoms with Gasteiger partial charge in [-0.05, 0) is 71.0 Å². The SMILES string of the molecule is CN1CC[C@H](c2c(O)cc(O)c3c(=O)cc(-c4ccccc4Cl)oc23)[C@H](OC(=O)C23CCN(CC2)CC3)C1. The summed E-state index contributed by atoms with van der Waals surface area (Å²) in [5, 5.41) is 22.1. The molecule has 8 nitrogen and oxygen atoms in total. The van der Waals surface area contributed by atoms with Gasteiger partial charge in [0.25, 0.3) is 0 Å². The number of likely N-dealkylation sites (tertiary alicyclic amines) is 1. The smallest absolute Gasteiger partial charge is 0.312 e. The standard InChI is InChI=1S/C29H31ClN2O6/c1-31-10-6-18(24(16-31)38-28(36)29-7-11-32(12-8-29)13-9-29)25-20(33)14-21(34)26-22(35)15-23(37-27(25)26)17-4-2-3-5-19(17)30/h2-5,14-15,18,24,33-34H,6-13,16H2,1H3/t18-,24+/m0/s1. The maximum absolute atomic E-state index is 13.6. The molecule has 4 saturated heterocycles. The number of hydrogen-bond acceptors (Lipinski definition) is 8.